The molecule has 1 aromatic heterocycles. The third-order valence-corrected chi connectivity index (χ3v) is 3.81. The second-order valence-corrected chi connectivity index (χ2v) is 5.35. The van der Waals surface area contributed by atoms with Gasteiger partial charge >= 0.3 is 18.3 Å². The molecule has 2 nitrogen and oxygen atoms in total. The molecule has 0 saturated heterocycles. The number of hydrogen-bond donors (Lipinski definition) is 1. The highest BCUT2D eigenvalue weighted by molar-refractivity contribution is 7.17. The Hall–Kier alpha value is -2.03. The fourth-order valence-corrected chi connectivity index (χ4v) is 2.54. The van der Waals surface area contributed by atoms with Crippen LogP contribution in [0.3, 0.4) is 0 Å². The third-order valence-electron chi connectivity index (χ3n) is 2.69. The Morgan fingerprint density at radius 2 is 1.41 bits per heavy atom. The van der Waals surface area contributed by atoms with Crippen molar-refractivity contribution in [3.05, 3.63) is 46.3 Å². The number of aromatic carboxylic acids is 1. The van der Waals surface area contributed by atoms with E-state index >= 15 is 0 Å². The molecule has 0 radical (unpaired) electrons. The molecule has 0 spiro atoms. The second-order valence-electron chi connectivity index (χ2n) is 4.26. The standard InChI is InChI=1S/C13H6F6O2S/c14-12(15,16)7-3-6(4-8(5-7)13(17,18)19)9-1-2-10(22-9)11(20)21/h1-5H,(H,20,21). The van der Waals surface area contributed by atoms with Gasteiger partial charge < -0.3 is 5.11 Å². The van der Waals surface area contributed by atoms with Crippen molar-refractivity contribution in [2.75, 3.05) is 0 Å². The molecule has 0 aliphatic carbocycles. The molecule has 22 heavy (non-hydrogen) atoms. The van der Waals surface area contributed by atoms with Crippen molar-refractivity contribution in [1.29, 1.82) is 0 Å². The molecule has 1 heterocycles. The van der Waals surface area contributed by atoms with Gasteiger partial charge in [-0.3, -0.25) is 0 Å². The lowest BCUT2D eigenvalue weighted by Crippen LogP contribution is -2.10. The molecule has 1 N–H and O–H groups in total. The number of carbonyl (C=O) groups is 1. The lowest BCUT2D eigenvalue weighted by molar-refractivity contribution is -0.143. The van der Waals surface area contributed by atoms with Crippen LogP contribution in [0.25, 0.3) is 10.4 Å². The Balaban J connectivity index is 2.61. The molecule has 0 aliphatic heterocycles. The maximum atomic E-state index is 12.7. The van der Waals surface area contributed by atoms with Crippen LogP contribution in [0.4, 0.5) is 26.3 Å². The van der Waals surface area contributed by atoms with Gasteiger partial charge in [0.15, 0.2) is 0 Å². The fraction of sp³-hybridized carbons (Fsp3) is 0.154. The van der Waals surface area contributed by atoms with E-state index in [0.717, 1.165) is 6.07 Å². The quantitative estimate of drug-likeness (QED) is 0.768. The average Bonchev–Trinajstić information content (AvgIpc) is 2.85. The zero-order valence-electron chi connectivity index (χ0n) is 10.4. The number of halogens is 6. The molecule has 9 heteroatoms. The minimum atomic E-state index is -4.94. The highest BCUT2D eigenvalue weighted by atomic mass is 32.1. The number of carboxylic acids is 1. The topological polar surface area (TPSA) is 37.3 Å². The molecule has 1 aromatic carbocycles. The largest absolute Gasteiger partial charge is 0.477 e. The van der Waals surface area contributed by atoms with Gasteiger partial charge in [-0.2, -0.15) is 26.3 Å². The van der Waals surface area contributed by atoms with Gasteiger partial charge in [0.05, 0.1) is 11.1 Å². The van der Waals surface area contributed by atoms with E-state index in [4.69, 9.17) is 5.11 Å². The summed E-state index contributed by atoms with van der Waals surface area (Å²) in [5.74, 6) is -1.31. The van der Waals surface area contributed by atoms with Crippen molar-refractivity contribution < 1.29 is 36.2 Å². The van der Waals surface area contributed by atoms with E-state index in [1.807, 2.05) is 0 Å². The highest BCUT2D eigenvalue weighted by Crippen LogP contribution is 2.39. The maximum absolute atomic E-state index is 12.7. The molecule has 0 amide bonds. The molecule has 0 aliphatic rings. The molecule has 0 saturated carbocycles. The Labute approximate surface area is 123 Å². The van der Waals surface area contributed by atoms with Gasteiger partial charge in [-0.25, -0.2) is 4.79 Å². The predicted octanol–water partition coefficient (Wildman–Crippen LogP) is 5.15. The van der Waals surface area contributed by atoms with Gasteiger partial charge in [-0.1, -0.05) is 0 Å². The van der Waals surface area contributed by atoms with Crippen molar-refractivity contribution in [2.24, 2.45) is 0 Å². The normalized spacial score (nSPS) is 12.5. The molecule has 0 unspecified atom stereocenters. The SMILES string of the molecule is O=C(O)c1ccc(-c2cc(C(F)(F)F)cc(C(F)(F)F)c2)s1. The summed E-state index contributed by atoms with van der Waals surface area (Å²) in [7, 11) is 0. The predicted molar refractivity (Wildman–Crippen MR) is 66.7 cm³/mol. The van der Waals surface area contributed by atoms with Crippen LogP contribution in [-0.2, 0) is 12.4 Å². The van der Waals surface area contributed by atoms with E-state index in [1.54, 1.807) is 0 Å². The van der Waals surface area contributed by atoms with Gasteiger partial charge in [0.2, 0.25) is 0 Å². The molecule has 2 rings (SSSR count). The average molecular weight is 340 g/mol. The van der Waals surface area contributed by atoms with Crippen molar-refractivity contribution in [3.8, 4) is 10.4 Å². The monoisotopic (exact) mass is 340 g/mol. The number of thiophene rings is 1. The molecule has 0 fully saturated rings. The van der Waals surface area contributed by atoms with E-state index in [-0.39, 0.29) is 21.4 Å². The molecule has 2 aromatic rings. The van der Waals surface area contributed by atoms with E-state index < -0.39 is 29.4 Å². The van der Waals surface area contributed by atoms with E-state index in [2.05, 4.69) is 0 Å². The van der Waals surface area contributed by atoms with Crippen LogP contribution in [0.15, 0.2) is 30.3 Å². The summed E-state index contributed by atoms with van der Waals surface area (Å²) in [5.41, 5.74) is -3.22. The lowest BCUT2D eigenvalue weighted by atomic mass is 10.0. The van der Waals surface area contributed by atoms with Crippen LogP contribution in [0, 0.1) is 0 Å². The zero-order valence-corrected chi connectivity index (χ0v) is 11.2. The summed E-state index contributed by atoms with van der Waals surface area (Å²) in [6, 6.07) is 3.44. The van der Waals surface area contributed by atoms with Gasteiger partial charge in [-0.05, 0) is 35.9 Å². The number of hydrogen-bond acceptors (Lipinski definition) is 2. The minimum Gasteiger partial charge on any atom is -0.477 e. The number of alkyl halides is 6. The molecule has 0 bridgehead atoms. The highest BCUT2D eigenvalue weighted by Gasteiger charge is 2.37. The Bertz CT molecular complexity index is 682. The van der Waals surface area contributed by atoms with Crippen molar-refractivity contribution in [2.45, 2.75) is 12.4 Å². The summed E-state index contributed by atoms with van der Waals surface area (Å²) in [5, 5.41) is 8.76. The van der Waals surface area contributed by atoms with Gasteiger partial charge in [0, 0.05) is 4.88 Å². The first-order chi connectivity index (χ1) is 9.98. The van der Waals surface area contributed by atoms with Crippen LogP contribution in [0.5, 0.6) is 0 Å². The molecule has 0 atom stereocenters. The summed E-state index contributed by atoms with van der Waals surface area (Å²) < 4.78 is 76.4. The smallest absolute Gasteiger partial charge is 0.416 e. The van der Waals surface area contributed by atoms with Crippen LogP contribution in [0.1, 0.15) is 20.8 Å². The molecular weight excluding hydrogens is 334 g/mol. The first-order valence-corrected chi connectivity index (χ1v) is 6.43. The van der Waals surface area contributed by atoms with Crippen LogP contribution in [0.2, 0.25) is 0 Å². The summed E-state index contributed by atoms with van der Waals surface area (Å²) in [6.07, 6.45) is -9.88. The fourth-order valence-electron chi connectivity index (χ4n) is 1.71. The van der Waals surface area contributed by atoms with Crippen LogP contribution >= 0.6 is 11.3 Å². The van der Waals surface area contributed by atoms with Crippen LogP contribution < -0.4 is 0 Å². The number of rotatable bonds is 2. The van der Waals surface area contributed by atoms with Gasteiger partial charge in [0.25, 0.3) is 0 Å². The molecule has 118 valence electrons. The van der Waals surface area contributed by atoms with E-state index in [1.165, 1.54) is 6.07 Å². The Kier molecular flexibility index (Phi) is 3.94. The van der Waals surface area contributed by atoms with Gasteiger partial charge in [0.1, 0.15) is 4.88 Å². The van der Waals surface area contributed by atoms with Crippen LogP contribution in [-0.4, -0.2) is 11.1 Å². The maximum Gasteiger partial charge on any atom is 0.416 e. The lowest BCUT2D eigenvalue weighted by Gasteiger charge is -2.13. The summed E-state index contributed by atoms with van der Waals surface area (Å²) >= 11 is 0.599. The van der Waals surface area contributed by atoms with Crippen molar-refractivity contribution in [1.82, 2.24) is 0 Å². The minimum absolute atomic E-state index is 0.00833. The zero-order chi connectivity index (χ0) is 16.7. The first kappa shape index (κ1) is 16.3. The Morgan fingerprint density at radius 1 is 0.909 bits per heavy atom. The molecular formula is C13H6F6O2S. The second kappa shape index (κ2) is 5.31. The van der Waals surface area contributed by atoms with Crippen molar-refractivity contribution in [3.63, 3.8) is 0 Å². The van der Waals surface area contributed by atoms with E-state index in [9.17, 15) is 31.1 Å². The summed E-state index contributed by atoms with van der Waals surface area (Å²) in [4.78, 5) is 10.6. The van der Waals surface area contributed by atoms with Gasteiger partial charge in [-0.15, -0.1) is 11.3 Å². The number of carboxylic acid groups (broad SMARTS) is 1. The van der Waals surface area contributed by atoms with E-state index in [0.29, 0.717) is 23.5 Å². The Morgan fingerprint density at radius 3 is 1.77 bits per heavy atom. The summed E-state index contributed by atoms with van der Waals surface area (Å²) in [6.45, 7) is 0. The number of benzene rings is 1. The third kappa shape index (κ3) is 3.41. The van der Waals surface area contributed by atoms with Crippen molar-refractivity contribution >= 4 is 17.3 Å². The first-order valence-electron chi connectivity index (χ1n) is 5.61.